The number of likely N-dealkylation sites (tertiary alicyclic amines) is 1. The van der Waals surface area contributed by atoms with Crippen LogP contribution in [0, 0.1) is 0 Å². The van der Waals surface area contributed by atoms with Gasteiger partial charge in [0.25, 0.3) is 0 Å². The molecule has 0 aromatic heterocycles. The summed E-state index contributed by atoms with van der Waals surface area (Å²) in [6, 6.07) is 0. The second-order valence-electron chi connectivity index (χ2n) is 3.58. The van der Waals surface area contributed by atoms with E-state index in [1.54, 1.807) is 0 Å². The number of carboxylic acids is 1. The number of carboxylic acid groups (broad SMARTS) is 1. The number of nitrogens with zero attached hydrogens (tertiary/aromatic N) is 1. The average molecular weight is 217 g/mol. The molecule has 1 fully saturated rings. The fourth-order valence-electron chi connectivity index (χ4n) is 1.89. The molecule has 0 bridgehead atoms. The number of aliphatic carboxylic acids is 1. The van der Waals surface area contributed by atoms with Crippen molar-refractivity contribution in [2.75, 3.05) is 32.8 Å². The Labute approximate surface area is 90.0 Å². The first kappa shape index (κ1) is 12.4. The summed E-state index contributed by atoms with van der Waals surface area (Å²) in [6.07, 6.45) is 0.0172. The van der Waals surface area contributed by atoms with Crippen LogP contribution in [0.2, 0.25) is 0 Å². The standard InChI is InChI=1S/C10H19NO4/c1-3-14-8-5-11(7-10(12)13)6-9(8)15-4-2/h8-9H,3-7H2,1-2H3,(H,12,13)/t8-,9-/m0/s1. The summed E-state index contributed by atoms with van der Waals surface area (Å²) < 4.78 is 11.0. The van der Waals surface area contributed by atoms with E-state index in [1.165, 1.54) is 0 Å². The predicted octanol–water partition coefficient (Wildman–Crippen LogP) is 0.197. The van der Waals surface area contributed by atoms with Crippen molar-refractivity contribution < 1.29 is 19.4 Å². The molecule has 88 valence electrons. The van der Waals surface area contributed by atoms with Gasteiger partial charge in [0, 0.05) is 26.3 Å². The SMILES string of the molecule is CCO[C@H]1CN(CC(=O)O)C[C@@H]1OCC. The van der Waals surface area contributed by atoms with Gasteiger partial charge in [-0.25, -0.2) is 0 Å². The van der Waals surface area contributed by atoms with Crippen LogP contribution in [0.4, 0.5) is 0 Å². The average Bonchev–Trinajstić information content (AvgIpc) is 2.48. The maximum atomic E-state index is 10.6. The van der Waals surface area contributed by atoms with E-state index in [1.807, 2.05) is 18.7 Å². The molecule has 0 saturated carbocycles. The van der Waals surface area contributed by atoms with E-state index in [4.69, 9.17) is 14.6 Å². The number of hydrogen-bond donors (Lipinski definition) is 1. The van der Waals surface area contributed by atoms with E-state index >= 15 is 0 Å². The number of hydrogen-bond acceptors (Lipinski definition) is 4. The van der Waals surface area contributed by atoms with Crippen LogP contribution in [-0.4, -0.2) is 61.0 Å². The van der Waals surface area contributed by atoms with E-state index in [0.29, 0.717) is 26.3 Å². The molecule has 0 spiro atoms. The van der Waals surface area contributed by atoms with E-state index in [-0.39, 0.29) is 18.8 Å². The van der Waals surface area contributed by atoms with Gasteiger partial charge in [0.15, 0.2) is 0 Å². The summed E-state index contributed by atoms with van der Waals surface area (Å²) in [5.74, 6) is -0.803. The molecule has 1 N–H and O–H groups in total. The fraction of sp³-hybridized carbons (Fsp3) is 0.900. The van der Waals surface area contributed by atoms with Gasteiger partial charge in [-0.3, -0.25) is 9.69 Å². The Morgan fingerprint density at radius 3 is 2.07 bits per heavy atom. The summed E-state index contributed by atoms with van der Waals surface area (Å²) in [7, 11) is 0. The van der Waals surface area contributed by atoms with E-state index in [2.05, 4.69) is 0 Å². The van der Waals surface area contributed by atoms with Crippen molar-refractivity contribution in [1.82, 2.24) is 4.90 Å². The van der Waals surface area contributed by atoms with Crippen molar-refractivity contribution in [2.24, 2.45) is 0 Å². The lowest BCUT2D eigenvalue weighted by molar-refractivity contribution is -0.138. The molecule has 1 rings (SSSR count). The molecule has 1 heterocycles. The molecule has 0 aromatic carbocycles. The highest BCUT2D eigenvalue weighted by atomic mass is 16.5. The molecule has 0 amide bonds. The lowest BCUT2D eigenvalue weighted by Crippen LogP contribution is -2.29. The van der Waals surface area contributed by atoms with Crippen molar-refractivity contribution in [3.05, 3.63) is 0 Å². The smallest absolute Gasteiger partial charge is 0.317 e. The molecule has 5 nitrogen and oxygen atoms in total. The second-order valence-corrected chi connectivity index (χ2v) is 3.58. The van der Waals surface area contributed by atoms with Gasteiger partial charge >= 0.3 is 5.97 Å². The lowest BCUT2D eigenvalue weighted by Gasteiger charge is -2.17. The highest BCUT2D eigenvalue weighted by molar-refractivity contribution is 5.69. The first-order chi connectivity index (χ1) is 7.17. The van der Waals surface area contributed by atoms with Gasteiger partial charge in [0.05, 0.1) is 18.8 Å². The zero-order chi connectivity index (χ0) is 11.3. The van der Waals surface area contributed by atoms with E-state index < -0.39 is 5.97 Å². The lowest BCUT2D eigenvalue weighted by atomic mass is 10.2. The van der Waals surface area contributed by atoms with Crippen molar-refractivity contribution in [2.45, 2.75) is 26.1 Å². The summed E-state index contributed by atoms with van der Waals surface area (Å²) in [6.45, 7) is 6.48. The van der Waals surface area contributed by atoms with Gasteiger partial charge in [-0.1, -0.05) is 0 Å². The Balaban J connectivity index is 2.44. The maximum absolute atomic E-state index is 10.6. The Morgan fingerprint density at radius 2 is 1.73 bits per heavy atom. The Kier molecular flexibility index (Phi) is 5.01. The van der Waals surface area contributed by atoms with Gasteiger partial charge in [-0.05, 0) is 13.8 Å². The predicted molar refractivity (Wildman–Crippen MR) is 54.9 cm³/mol. The monoisotopic (exact) mass is 217 g/mol. The Bertz CT molecular complexity index is 196. The third-order valence-electron chi connectivity index (χ3n) is 2.41. The minimum atomic E-state index is -0.803. The quantitative estimate of drug-likeness (QED) is 0.688. The van der Waals surface area contributed by atoms with Crippen molar-refractivity contribution in [3.8, 4) is 0 Å². The second kappa shape index (κ2) is 6.05. The minimum Gasteiger partial charge on any atom is -0.480 e. The van der Waals surface area contributed by atoms with Gasteiger partial charge in [-0.15, -0.1) is 0 Å². The molecule has 0 aliphatic carbocycles. The van der Waals surface area contributed by atoms with Crippen LogP contribution < -0.4 is 0 Å². The maximum Gasteiger partial charge on any atom is 0.317 e. The molecule has 0 aromatic rings. The number of carbonyl (C=O) groups is 1. The van der Waals surface area contributed by atoms with Gasteiger partial charge < -0.3 is 14.6 Å². The molecular weight excluding hydrogens is 198 g/mol. The normalized spacial score (nSPS) is 27.1. The van der Waals surface area contributed by atoms with Crippen LogP contribution in [0.5, 0.6) is 0 Å². The molecular formula is C10H19NO4. The molecule has 2 atom stereocenters. The highest BCUT2D eigenvalue weighted by Gasteiger charge is 2.34. The van der Waals surface area contributed by atoms with Crippen LogP contribution in [0.25, 0.3) is 0 Å². The third kappa shape index (κ3) is 3.77. The highest BCUT2D eigenvalue weighted by Crippen LogP contribution is 2.16. The van der Waals surface area contributed by atoms with Crippen molar-refractivity contribution >= 4 is 5.97 Å². The molecule has 5 heteroatoms. The summed E-state index contributed by atoms with van der Waals surface area (Å²) in [4.78, 5) is 12.4. The third-order valence-corrected chi connectivity index (χ3v) is 2.41. The Hall–Kier alpha value is -0.650. The van der Waals surface area contributed by atoms with Crippen LogP contribution in [0.15, 0.2) is 0 Å². The molecule has 1 aliphatic heterocycles. The van der Waals surface area contributed by atoms with E-state index in [9.17, 15) is 4.79 Å². The molecule has 1 aliphatic rings. The van der Waals surface area contributed by atoms with Gasteiger partial charge in [0.1, 0.15) is 0 Å². The van der Waals surface area contributed by atoms with Crippen molar-refractivity contribution in [1.29, 1.82) is 0 Å². The van der Waals surface area contributed by atoms with Crippen LogP contribution in [0.3, 0.4) is 0 Å². The van der Waals surface area contributed by atoms with Crippen LogP contribution >= 0.6 is 0 Å². The number of rotatable bonds is 6. The van der Waals surface area contributed by atoms with Crippen LogP contribution in [0.1, 0.15) is 13.8 Å². The topological polar surface area (TPSA) is 59.0 Å². The van der Waals surface area contributed by atoms with E-state index in [0.717, 1.165) is 0 Å². The largest absolute Gasteiger partial charge is 0.480 e. The first-order valence-corrected chi connectivity index (χ1v) is 5.34. The van der Waals surface area contributed by atoms with Gasteiger partial charge in [0.2, 0.25) is 0 Å². The molecule has 15 heavy (non-hydrogen) atoms. The number of ether oxygens (including phenoxy) is 2. The molecule has 1 saturated heterocycles. The zero-order valence-corrected chi connectivity index (χ0v) is 9.31. The first-order valence-electron chi connectivity index (χ1n) is 5.34. The van der Waals surface area contributed by atoms with Crippen molar-refractivity contribution in [3.63, 3.8) is 0 Å². The molecule has 0 radical (unpaired) electrons. The van der Waals surface area contributed by atoms with Crippen LogP contribution in [-0.2, 0) is 14.3 Å². The minimum absolute atomic E-state index is 0.00861. The molecule has 0 unspecified atom stereocenters. The summed E-state index contributed by atoms with van der Waals surface area (Å²) >= 11 is 0. The summed E-state index contributed by atoms with van der Waals surface area (Å²) in [5, 5.41) is 8.68. The Morgan fingerprint density at radius 1 is 1.27 bits per heavy atom. The van der Waals surface area contributed by atoms with Gasteiger partial charge in [-0.2, -0.15) is 0 Å². The zero-order valence-electron chi connectivity index (χ0n) is 9.31. The fourth-order valence-corrected chi connectivity index (χ4v) is 1.89. The summed E-state index contributed by atoms with van der Waals surface area (Å²) in [5.41, 5.74) is 0.